The SMILES string of the molecule is CCCCN(CCC)C(=O)C(=O)Nc1cccc(NC(C)=O)c1. The van der Waals surface area contributed by atoms with E-state index in [1.807, 2.05) is 13.8 Å². The Morgan fingerprint density at radius 1 is 1.00 bits per heavy atom. The van der Waals surface area contributed by atoms with Gasteiger partial charge >= 0.3 is 11.8 Å². The zero-order chi connectivity index (χ0) is 17.2. The molecule has 6 heteroatoms. The molecule has 0 aliphatic carbocycles. The van der Waals surface area contributed by atoms with Gasteiger partial charge in [0.05, 0.1) is 0 Å². The van der Waals surface area contributed by atoms with Crippen LogP contribution in [0.1, 0.15) is 40.0 Å². The minimum Gasteiger partial charge on any atom is -0.334 e. The van der Waals surface area contributed by atoms with Gasteiger partial charge in [0.1, 0.15) is 0 Å². The Balaban J connectivity index is 2.73. The average Bonchev–Trinajstić information content (AvgIpc) is 2.50. The Morgan fingerprint density at radius 3 is 2.22 bits per heavy atom. The molecule has 0 aliphatic rings. The van der Waals surface area contributed by atoms with Crippen molar-refractivity contribution in [3.05, 3.63) is 24.3 Å². The van der Waals surface area contributed by atoms with E-state index in [9.17, 15) is 14.4 Å². The Bertz CT molecular complexity index is 558. The van der Waals surface area contributed by atoms with Crippen LogP contribution in [0.4, 0.5) is 11.4 Å². The molecule has 0 saturated heterocycles. The molecular formula is C17H25N3O3. The third kappa shape index (κ3) is 6.50. The van der Waals surface area contributed by atoms with E-state index in [1.54, 1.807) is 29.2 Å². The van der Waals surface area contributed by atoms with Crippen LogP contribution in [-0.2, 0) is 14.4 Å². The number of anilines is 2. The predicted octanol–water partition coefficient (Wildman–Crippen LogP) is 2.62. The van der Waals surface area contributed by atoms with Crippen LogP contribution in [0.2, 0.25) is 0 Å². The van der Waals surface area contributed by atoms with E-state index in [0.29, 0.717) is 24.5 Å². The normalized spacial score (nSPS) is 10.0. The second-order valence-corrected chi connectivity index (χ2v) is 5.36. The Hall–Kier alpha value is -2.37. The molecule has 6 nitrogen and oxygen atoms in total. The second-order valence-electron chi connectivity index (χ2n) is 5.36. The first-order valence-corrected chi connectivity index (χ1v) is 7.95. The number of amides is 3. The van der Waals surface area contributed by atoms with Gasteiger partial charge in [0, 0.05) is 31.4 Å². The average molecular weight is 319 g/mol. The lowest BCUT2D eigenvalue weighted by Gasteiger charge is -2.21. The second kappa shape index (κ2) is 9.61. The number of carbonyl (C=O) groups excluding carboxylic acids is 3. The topological polar surface area (TPSA) is 78.5 Å². The first kappa shape index (κ1) is 18.7. The molecule has 0 spiro atoms. The van der Waals surface area contributed by atoms with Crippen molar-refractivity contribution in [2.24, 2.45) is 0 Å². The van der Waals surface area contributed by atoms with Gasteiger partial charge in [-0.25, -0.2) is 0 Å². The van der Waals surface area contributed by atoms with Gasteiger partial charge in [-0.15, -0.1) is 0 Å². The van der Waals surface area contributed by atoms with Crippen molar-refractivity contribution in [3.8, 4) is 0 Å². The van der Waals surface area contributed by atoms with Gasteiger partial charge in [-0.05, 0) is 31.0 Å². The van der Waals surface area contributed by atoms with Crippen LogP contribution < -0.4 is 10.6 Å². The maximum absolute atomic E-state index is 12.3. The summed E-state index contributed by atoms with van der Waals surface area (Å²) in [6.45, 7) is 6.58. The number of nitrogens with zero attached hydrogens (tertiary/aromatic N) is 1. The van der Waals surface area contributed by atoms with E-state index in [-0.39, 0.29) is 5.91 Å². The summed E-state index contributed by atoms with van der Waals surface area (Å²) in [7, 11) is 0. The monoisotopic (exact) mass is 319 g/mol. The maximum Gasteiger partial charge on any atom is 0.313 e. The highest BCUT2D eigenvalue weighted by Crippen LogP contribution is 2.15. The molecule has 0 heterocycles. The van der Waals surface area contributed by atoms with Crippen molar-refractivity contribution in [1.82, 2.24) is 4.90 Å². The van der Waals surface area contributed by atoms with Crippen molar-refractivity contribution in [1.29, 1.82) is 0 Å². The van der Waals surface area contributed by atoms with Gasteiger partial charge in [0.25, 0.3) is 0 Å². The lowest BCUT2D eigenvalue weighted by molar-refractivity contribution is -0.143. The van der Waals surface area contributed by atoms with Gasteiger partial charge in [-0.2, -0.15) is 0 Å². The van der Waals surface area contributed by atoms with Crippen LogP contribution in [0.15, 0.2) is 24.3 Å². The van der Waals surface area contributed by atoms with E-state index in [2.05, 4.69) is 10.6 Å². The fraction of sp³-hybridized carbons (Fsp3) is 0.471. The van der Waals surface area contributed by atoms with Crippen molar-refractivity contribution < 1.29 is 14.4 Å². The molecule has 3 amide bonds. The maximum atomic E-state index is 12.3. The van der Waals surface area contributed by atoms with E-state index in [1.165, 1.54) is 6.92 Å². The lowest BCUT2D eigenvalue weighted by atomic mass is 10.2. The number of unbranched alkanes of at least 4 members (excludes halogenated alkanes) is 1. The summed E-state index contributed by atoms with van der Waals surface area (Å²) in [6.07, 6.45) is 2.64. The van der Waals surface area contributed by atoms with Crippen molar-refractivity contribution in [3.63, 3.8) is 0 Å². The third-order valence-corrected chi connectivity index (χ3v) is 3.20. The molecule has 0 aromatic heterocycles. The molecule has 1 rings (SSSR count). The van der Waals surface area contributed by atoms with Crippen molar-refractivity contribution in [2.45, 2.75) is 40.0 Å². The molecule has 0 atom stereocenters. The number of nitrogens with one attached hydrogen (secondary N) is 2. The molecular weight excluding hydrogens is 294 g/mol. The summed E-state index contributed by atoms with van der Waals surface area (Å²) in [5.74, 6) is -1.38. The molecule has 0 aliphatic heterocycles. The molecule has 2 N–H and O–H groups in total. The standard InChI is InChI=1S/C17H25N3O3/c1-4-6-11-20(10-5-2)17(23)16(22)19-15-9-7-8-14(12-15)18-13(3)21/h7-9,12H,4-6,10-11H2,1-3H3,(H,18,21)(H,19,22). The van der Waals surface area contributed by atoms with Crippen LogP contribution in [0.25, 0.3) is 0 Å². The summed E-state index contributed by atoms with van der Waals surface area (Å²) < 4.78 is 0. The summed E-state index contributed by atoms with van der Waals surface area (Å²) >= 11 is 0. The Labute approximate surface area is 137 Å². The van der Waals surface area contributed by atoms with Crippen LogP contribution in [0, 0.1) is 0 Å². The van der Waals surface area contributed by atoms with Crippen LogP contribution in [0.3, 0.4) is 0 Å². The molecule has 0 unspecified atom stereocenters. The summed E-state index contributed by atoms with van der Waals surface area (Å²) in [4.78, 5) is 37.0. The summed E-state index contributed by atoms with van der Waals surface area (Å²) in [6, 6.07) is 6.70. The first-order chi connectivity index (χ1) is 11.0. The number of hydrogen-bond donors (Lipinski definition) is 2. The number of benzene rings is 1. The smallest absolute Gasteiger partial charge is 0.313 e. The molecule has 0 saturated carbocycles. The molecule has 23 heavy (non-hydrogen) atoms. The highest BCUT2D eigenvalue weighted by atomic mass is 16.2. The zero-order valence-corrected chi connectivity index (χ0v) is 14.0. The zero-order valence-electron chi connectivity index (χ0n) is 14.0. The largest absolute Gasteiger partial charge is 0.334 e. The fourth-order valence-corrected chi connectivity index (χ4v) is 2.14. The number of carbonyl (C=O) groups is 3. The molecule has 0 bridgehead atoms. The fourth-order valence-electron chi connectivity index (χ4n) is 2.14. The lowest BCUT2D eigenvalue weighted by Crippen LogP contribution is -2.40. The highest BCUT2D eigenvalue weighted by molar-refractivity contribution is 6.39. The predicted molar refractivity (Wildman–Crippen MR) is 91.2 cm³/mol. The van der Waals surface area contributed by atoms with Gasteiger partial charge in [-0.3, -0.25) is 14.4 Å². The first-order valence-electron chi connectivity index (χ1n) is 7.95. The summed E-state index contributed by atoms with van der Waals surface area (Å²) in [5, 5.41) is 5.22. The van der Waals surface area contributed by atoms with Crippen LogP contribution in [-0.4, -0.2) is 35.7 Å². The number of hydrogen-bond acceptors (Lipinski definition) is 3. The van der Waals surface area contributed by atoms with Gasteiger partial charge < -0.3 is 15.5 Å². The van der Waals surface area contributed by atoms with E-state index >= 15 is 0 Å². The Morgan fingerprint density at radius 2 is 1.65 bits per heavy atom. The quantitative estimate of drug-likeness (QED) is 0.758. The van der Waals surface area contributed by atoms with E-state index in [4.69, 9.17) is 0 Å². The van der Waals surface area contributed by atoms with Crippen molar-refractivity contribution in [2.75, 3.05) is 23.7 Å². The van der Waals surface area contributed by atoms with Crippen LogP contribution in [0.5, 0.6) is 0 Å². The van der Waals surface area contributed by atoms with Gasteiger partial charge in [0.2, 0.25) is 5.91 Å². The minimum absolute atomic E-state index is 0.196. The molecule has 0 radical (unpaired) electrons. The number of rotatable bonds is 7. The van der Waals surface area contributed by atoms with Crippen molar-refractivity contribution >= 4 is 29.1 Å². The highest BCUT2D eigenvalue weighted by Gasteiger charge is 2.20. The molecule has 0 fully saturated rings. The molecule has 126 valence electrons. The minimum atomic E-state index is -0.658. The Kier molecular flexibility index (Phi) is 7.80. The molecule has 1 aromatic carbocycles. The van der Waals surface area contributed by atoms with Crippen LogP contribution >= 0.6 is 0 Å². The summed E-state index contributed by atoms with van der Waals surface area (Å²) in [5.41, 5.74) is 1.04. The molecule has 1 aromatic rings. The van der Waals surface area contributed by atoms with E-state index in [0.717, 1.165) is 19.3 Å². The van der Waals surface area contributed by atoms with Gasteiger partial charge in [-0.1, -0.05) is 26.3 Å². The van der Waals surface area contributed by atoms with Gasteiger partial charge in [0.15, 0.2) is 0 Å². The van der Waals surface area contributed by atoms with E-state index < -0.39 is 11.8 Å². The third-order valence-electron chi connectivity index (χ3n) is 3.20.